The smallest absolute Gasteiger partial charge is 0.412 e. The molecule has 32 heavy (non-hydrogen) atoms. The number of hydrogen-bond donors (Lipinski definition) is 2. The van der Waals surface area contributed by atoms with Gasteiger partial charge in [0.1, 0.15) is 12.2 Å². The molecular weight excluding hydrogens is 490 g/mol. The molecule has 0 heterocycles. The van der Waals surface area contributed by atoms with Crippen molar-refractivity contribution >= 4 is 22.0 Å². The molecule has 0 aromatic heterocycles. The summed E-state index contributed by atoms with van der Waals surface area (Å²) in [4.78, 5) is 24.0. The predicted molar refractivity (Wildman–Crippen MR) is 87.5 cm³/mol. The molecule has 1 atom stereocenters. The molecule has 8 nitrogen and oxygen atoms in total. The maximum absolute atomic E-state index is 13.7. The zero-order valence-electron chi connectivity index (χ0n) is 15.9. The van der Waals surface area contributed by atoms with Crippen LogP contribution in [0, 0.1) is 0 Å². The minimum atomic E-state index is -6.39. The van der Waals surface area contributed by atoms with Gasteiger partial charge in [-0.15, -0.1) is 0 Å². The Bertz CT molecular complexity index is 834. The van der Waals surface area contributed by atoms with Crippen molar-refractivity contribution in [2.45, 2.75) is 61.5 Å². The van der Waals surface area contributed by atoms with E-state index in [0.717, 1.165) is 0 Å². The van der Waals surface area contributed by atoms with Crippen molar-refractivity contribution in [2.75, 3.05) is 6.61 Å². The van der Waals surface area contributed by atoms with Crippen LogP contribution in [0.25, 0.3) is 0 Å². The van der Waals surface area contributed by atoms with Crippen molar-refractivity contribution in [1.29, 1.82) is 0 Å². The molecule has 17 heteroatoms. The molecule has 0 spiro atoms. The maximum atomic E-state index is 13.7. The van der Waals surface area contributed by atoms with Gasteiger partial charge in [-0.05, 0) is 12.8 Å². The first-order chi connectivity index (χ1) is 14.2. The van der Waals surface area contributed by atoms with Crippen molar-refractivity contribution in [3.63, 3.8) is 0 Å². The molecule has 0 aromatic carbocycles. The van der Waals surface area contributed by atoms with Crippen LogP contribution < -0.4 is 5.32 Å². The average Bonchev–Trinajstić information content (AvgIpc) is 2.62. The first-order valence-electron chi connectivity index (χ1n) is 8.60. The summed E-state index contributed by atoms with van der Waals surface area (Å²) in [5.74, 6) is -10.5. The Morgan fingerprint density at radius 2 is 1.50 bits per heavy atom. The van der Waals surface area contributed by atoms with E-state index in [1.165, 1.54) is 0 Å². The molecule has 0 radical (unpaired) electrons. The molecule has 1 amide bonds. The van der Waals surface area contributed by atoms with Crippen molar-refractivity contribution in [2.24, 2.45) is 0 Å². The monoisotopic (exact) mass is 507 g/mol. The number of amides is 1. The SMILES string of the molecule is C=C(C(=O)OC(OCC(F)(F)S(=O)(=O)O)(C(=O)NC1CCCCC1)C(F)(F)F)C(F)(F)F. The number of rotatable bonds is 8. The number of carbonyl (C=O) groups excluding carboxylic acids is 2. The Kier molecular flexibility index (Phi) is 8.29. The molecule has 1 rings (SSSR count). The van der Waals surface area contributed by atoms with Gasteiger partial charge in [-0.3, -0.25) is 9.35 Å². The van der Waals surface area contributed by atoms with Gasteiger partial charge >= 0.3 is 45.4 Å². The minimum Gasteiger partial charge on any atom is -0.412 e. The summed E-state index contributed by atoms with van der Waals surface area (Å²) in [5, 5.41) is -3.76. The quantitative estimate of drug-likeness (QED) is 0.171. The third-order valence-corrected chi connectivity index (χ3v) is 5.13. The van der Waals surface area contributed by atoms with E-state index in [2.05, 4.69) is 16.1 Å². The first kappa shape index (κ1) is 28.0. The van der Waals surface area contributed by atoms with Crippen LogP contribution >= 0.6 is 0 Å². The molecule has 1 unspecified atom stereocenters. The third kappa shape index (κ3) is 6.50. The van der Waals surface area contributed by atoms with Crippen molar-refractivity contribution in [3.05, 3.63) is 12.2 Å². The Balaban J connectivity index is 3.42. The van der Waals surface area contributed by atoms with Crippen molar-refractivity contribution < 1.29 is 67.2 Å². The van der Waals surface area contributed by atoms with Crippen LogP contribution in [0.3, 0.4) is 0 Å². The number of nitrogens with one attached hydrogen (secondary N) is 1. The largest absolute Gasteiger partial charge is 0.466 e. The van der Waals surface area contributed by atoms with E-state index < -0.39 is 63.6 Å². The van der Waals surface area contributed by atoms with Crippen LogP contribution in [0.4, 0.5) is 35.1 Å². The van der Waals surface area contributed by atoms with Gasteiger partial charge in [0.05, 0.1) is 0 Å². The van der Waals surface area contributed by atoms with E-state index in [-0.39, 0.29) is 12.8 Å². The highest BCUT2D eigenvalue weighted by atomic mass is 32.2. The van der Waals surface area contributed by atoms with Gasteiger partial charge in [0.2, 0.25) is 0 Å². The number of ether oxygens (including phenoxy) is 2. The Morgan fingerprint density at radius 3 is 1.91 bits per heavy atom. The van der Waals surface area contributed by atoms with E-state index in [1.54, 1.807) is 5.32 Å². The standard InChI is InChI=1S/C15H17F8NO7S/c1-8(14(18,19)20)10(25)31-13(15(21,22)23,30-7-12(16,17)32(27,28)29)11(26)24-9-5-3-2-4-6-9/h9H,1-7H2,(H,24,26)(H,27,28,29). The normalized spacial score (nSPS) is 18.5. The number of hydrogen-bond acceptors (Lipinski definition) is 6. The highest BCUT2D eigenvalue weighted by Crippen LogP contribution is 2.39. The molecule has 0 bridgehead atoms. The maximum Gasteiger partial charge on any atom is 0.466 e. The van der Waals surface area contributed by atoms with Gasteiger partial charge in [0.15, 0.2) is 0 Å². The first-order valence-corrected chi connectivity index (χ1v) is 10.0. The summed E-state index contributed by atoms with van der Waals surface area (Å²) in [6.07, 6.45) is -10.2. The van der Waals surface area contributed by atoms with Crippen LogP contribution in [-0.2, 0) is 29.2 Å². The lowest BCUT2D eigenvalue weighted by molar-refractivity contribution is -0.353. The van der Waals surface area contributed by atoms with E-state index >= 15 is 0 Å². The van der Waals surface area contributed by atoms with Crippen LogP contribution in [0.2, 0.25) is 0 Å². The number of halogens is 8. The second-order valence-corrected chi connectivity index (χ2v) is 8.24. The summed E-state index contributed by atoms with van der Waals surface area (Å²) < 4.78 is 143. The molecular formula is C15H17F8NO7S. The highest BCUT2D eigenvalue weighted by molar-refractivity contribution is 7.86. The summed E-state index contributed by atoms with van der Waals surface area (Å²) in [5.41, 5.74) is -2.54. The van der Waals surface area contributed by atoms with Gasteiger partial charge in [-0.2, -0.15) is 43.5 Å². The van der Waals surface area contributed by atoms with Gasteiger partial charge in [-0.25, -0.2) is 4.79 Å². The number of esters is 1. The summed E-state index contributed by atoms with van der Waals surface area (Å²) in [7, 11) is -6.39. The third-order valence-electron chi connectivity index (χ3n) is 4.26. The molecule has 0 aromatic rings. The van der Waals surface area contributed by atoms with Crippen molar-refractivity contribution in [3.8, 4) is 0 Å². The van der Waals surface area contributed by atoms with Crippen LogP contribution in [0.15, 0.2) is 12.2 Å². The Labute approximate surface area is 175 Å². The Morgan fingerprint density at radius 1 is 1.00 bits per heavy atom. The van der Waals surface area contributed by atoms with Crippen LogP contribution in [-0.4, -0.2) is 60.9 Å². The average molecular weight is 507 g/mol. The van der Waals surface area contributed by atoms with E-state index in [1.807, 2.05) is 0 Å². The van der Waals surface area contributed by atoms with Crippen molar-refractivity contribution in [1.82, 2.24) is 5.32 Å². The summed E-state index contributed by atoms with van der Waals surface area (Å²) in [6.45, 7) is -0.730. The zero-order valence-corrected chi connectivity index (χ0v) is 16.7. The topological polar surface area (TPSA) is 119 Å². The lowest BCUT2D eigenvalue weighted by Crippen LogP contribution is -2.64. The van der Waals surface area contributed by atoms with E-state index in [4.69, 9.17) is 4.55 Å². The second kappa shape index (κ2) is 9.46. The van der Waals surface area contributed by atoms with Gasteiger partial charge in [0.25, 0.3) is 0 Å². The van der Waals surface area contributed by atoms with Gasteiger partial charge in [-0.1, -0.05) is 25.8 Å². The molecule has 1 saturated carbocycles. The fourth-order valence-corrected chi connectivity index (χ4v) is 2.71. The molecule has 0 aliphatic heterocycles. The van der Waals surface area contributed by atoms with E-state index in [0.29, 0.717) is 19.3 Å². The fraction of sp³-hybridized carbons (Fsp3) is 0.733. The molecule has 2 N–H and O–H groups in total. The number of alkyl halides is 8. The second-order valence-electron chi connectivity index (χ2n) is 6.69. The van der Waals surface area contributed by atoms with Gasteiger partial charge in [0, 0.05) is 6.04 Å². The zero-order chi connectivity index (χ0) is 25.2. The molecule has 0 saturated heterocycles. The minimum absolute atomic E-state index is 0.101. The molecule has 1 aliphatic carbocycles. The van der Waals surface area contributed by atoms with Crippen LogP contribution in [0.1, 0.15) is 32.1 Å². The van der Waals surface area contributed by atoms with Crippen LogP contribution in [0.5, 0.6) is 0 Å². The lowest BCUT2D eigenvalue weighted by atomic mass is 9.95. The number of carbonyl (C=O) groups is 2. The predicted octanol–water partition coefficient (Wildman–Crippen LogP) is 2.85. The lowest BCUT2D eigenvalue weighted by Gasteiger charge is -2.35. The molecule has 1 aliphatic rings. The van der Waals surface area contributed by atoms with Gasteiger partial charge < -0.3 is 14.8 Å². The van der Waals surface area contributed by atoms with E-state index in [9.17, 15) is 53.1 Å². The Hall–Kier alpha value is -2.01. The molecule has 1 fully saturated rings. The summed E-state index contributed by atoms with van der Waals surface area (Å²) >= 11 is 0. The summed E-state index contributed by atoms with van der Waals surface area (Å²) in [6, 6.07) is -1.01. The molecule has 186 valence electrons. The highest BCUT2D eigenvalue weighted by Gasteiger charge is 2.68. The fourth-order valence-electron chi connectivity index (χ4n) is 2.51.